The highest BCUT2D eigenvalue weighted by Gasteiger charge is 2.24. The number of para-hydroxylation sites is 2. The highest BCUT2D eigenvalue weighted by atomic mass is 32.1. The van der Waals surface area contributed by atoms with E-state index in [-0.39, 0.29) is 11.9 Å². The van der Waals surface area contributed by atoms with Crippen LogP contribution in [0, 0.1) is 6.92 Å². The molecule has 1 aliphatic rings. The summed E-state index contributed by atoms with van der Waals surface area (Å²) in [6, 6.07) is 7.18. The lowest BCUT2D eigenvalue weighted by Gasteiger charge is -2.22. The van der Waals surface area contributed by atoms with E-state index in [1.807, 2.05) is 36.6 Å². The van der Waals surface area contributed by atoms with Gasteiger partial charge >= 0.3 is 6.03 Å². The number of anilines is 2. The second kappa shape index (κ2) is 7.00. The quantitative estimate of drug-likeness (QED) is 0.926. The number of hydrogen-bond donors (Lipinski definition) is 1. The van der Waals surface area contributed by atoms with E-state index in [4.69, 9.17) is 0 Å². The Morgan fingerprint density at radius 1 is 1.42 bits per heavy atom. The molecule has 0 unspecified atom stereocenters. The number of nitrogens with zero attached hydrogens (tertiary/aromatic N) is 3. The molecule has 0 bridgehead atoms. The SMILES string of the molecule is Cc1nc(CN(C)C(=O)Nc2ccccc2N2CCCC2=O)cs1. The van der Waals surface area contributed by atoms with Crippen LogP contribution < -0.4 is 10.2 Å². The Kier molecular flexibility index (Phi) is 4.80. The molecule has 0 spiro atoms. The van der Waals surface area contributed by atoms with Crippen molar-refractivity contribution in [3.05, 3.63) is 40.3 Å². The summed E-state index contributed by atoms with van der Waals surface area (Å²) in [4.78, 5) is 32.1. The van der Waals surface area contributed by atoms with Gasteiger partial charge in [0.15, 0.2) is 0 Å². The van der Waals surface area contributed by atoms with Crippen LogP contribution >= 0.6 is 11.3 Å². The van der Waals surface area contributed by atoms with E-state index < -0.39 is 0 Å². The van der Waals surface area contributed by atoms with Crippen LogP contribution in [0.3, 0.4) is 0 Å². The van der Waals surface area contributed by atoms with Crippen molar-refractivity contribution in [1.29, 1.82) is 0 Å². The monoisotopic (exact) mass is 344 g/mol. The van der Waals surface area contributed by atoms with E-state index in [9.17, 15) is 9.59 Å². The fourth-order valence-corrected chi connectivity index (χ4v) is 3.33. The summed E-state index contributed by atoms with van der Waals surface area (Å²) in [5.41, 5.74) is 2.28. The molecule has 0 aliphatic carbocycles. The van der Waals surface area contributed by atoms with Crippen molar-refractivity contribution in [3.8, 4) is 0 Å². The molecular formula is C17H20N4O2S. The second-order valence-corrected chi connectivity index (χ2v) is 6.87. The van der Waals surface area contributed by atoms with Gasteiger partial charge in [-0.1, -0.05) is 12.1 Å². The van der Waals surface area contributed by atoms with Gasteiger partial charge in [-0.2, -0.15) is 0 Å². The number of aromatic nitrogens is 1. The van der Waals surface area contributed by atoms with Gasteiger partial charge in [0, 0.05) is 25.4 Å². The van der Waals surface area contributed by atoms with Gasteiger partial charge in [-0.3, -0.25) is 4.79 Å². The zero-order valence-corrected chi connectivity index (χ0v) is 14.6. The lowest BCUT2D eigenvalue weighted by molar-refractivity contribution is -0.117. The van der Waals surface area contributed by atoms with E-state index in [0.717, 1.165) is 22.8 Å². The van der Waals surface area contributed by atoms with Crippen molar-refractivity contribution in [1.82, 2.24) is 9.88 Å². The third-order valence-corrected chi connectivity index (χ3v) is 4.74. The lowest BCUT2D eigenvalue weighted by Crippen LogP contribution is -2.32. The van der Waals surface area contributed by atoms with Gasteiger partial charge in [-0.15, -0.1) is 11.3 Å². The van der Waals surface area contributed by atoms with E-state index in [1.54, 1.807) is 28.2 Å². The van der Waals surface area contributed by atoms with Crippen molar-refractivity contribution >= 4 is 34.6 Å². The molecule has 6 nitrogen and oxygen atoms in total. The highest BCUT2D eigenvalue weighted by molar-refractivity contribution is 7.09. The van der Waals surface area contributed by atoms with Gasteiger partial charge < -0.3 is 15.1 Å². The number of carbonyl (C=O) groups is 2. The fraction of sp³-hybridized carbons (Fsp3) is 0.353. The Balaban J connectivity index is 1.71. The number of urea groups is 1. The van der Waals surface area contributed by atoms with Crippen LogP contribution in [0.2, 0.25) is 0 Å². The number of aryl methyl sites for hydroxylation is 1. The van der Waals surface area contributed by atoms with E-state index in [1.165, 1.54) is 0 Å². The average molecular weight is 344 g/mol. The van der Waals surface area contributed by atoms with E-state index in [2.05, 4.69) is 10.3 Å². The molecule has 2 aromatic rings. The fourth-order valence-electron chi connectivity index (χ4n) is 2.72. The molecule has 1 aliphatic heterocycles. The molecule has 1 saturated heterocycles. The topological polar surface area (TPSA) is 65.5 Å². The Bertz CT molecular complexity index is 759. The molecule has 7 heteroatoms. The predicted octanol–water partition coefficient (Wildman–Crippen LogP) is 3.24. The lowest BCUT2D eigenvalue weighted by atomic mass is 10.2. The van der Waals surface area contributed by atoms with Gasteiger partial charge in [0.25, 0.3) is 0 Å². The molecule has 1 aromatic heterocycles. The van der Waals surface area contributed by atoms with E-state index >= 15 is 0 Å². The van der Waals surface area contributed by atoms with Crippen molar-refractivity contribution in [2.75, 3.05) is 23.8 Å². The maximum absolute atomic E-state index is 12.5. The smallest absolute Gasteiger partial charge is 0.321 e. The minimum atomic E-state index is -0.222. The molecule has 0 saturated carbocycles. The minimum absolute atomic E-state index is 0.100. The Hall–Kier alpha value is -2.41. The van der Waals surface area contributed by atoms with Crippen molar-refractivity contribution < 1.29 is 9.59 Å². The standard InChI is InChI=1S/C17H20N4O2S/c1-12-18-13(11-24-12)10-20(2)17(23)19-14-6-3-4-7-15(14)21-9-5-8-16(21)22/h3-4,6-7,11H,5,8-10H2,1-2H3,(H,19,23). The number of rotatable bonds is 4. The largest absolute Gasteiger partial charge is 0.322 e. The predicted molar refractivity (Wildman–Crippen MR) is 95.4 cm³/mol. The van der Waals surface area contributed by atoms with Crippen LogP contribution in [-0.4, -0.2) is 35.4 Å². The average Bonchev–Trinajstić information content (AvgIpc) is 3.16. The number of benzene rings is 1. The summed E-state index contributed by atoms with van der Waals surface area (Å²) in [6.45, 7) is 3.08. The third kappa shape index (κ3) is 3.56. The molecule has 1 fully saturated rings. The van der Waals surface area contributed by atoms with Crippen molar-refractivity contribution in [2.24, 2.45) is 0 Å². The molecule has 3 amide bonds. The molecule has 126 valence electrons. The number of carbonyl (C=O) groups excluding carboxylic acids is 2. The van der Waals surface area contributed by atoms with Crippen LogP contribution in [0.1, 0.15) is 23.5 Å². The first-order valence-electron chi connectivity index (χ1n) is 7.87. The summed E-state index contributed by atoms with van der Waals surface area (Å²) < 4.78 is 0. The van der Waals surface area contributed by atoms with Gasteiger partial charge in [0.2, 0.25) is 5.91 Å². The van der Waals surface area contributed by atoms with Crippen molar-refractivity contribution in [3.63, 3.8) is 0 Å². The molecule has 1 aromatic carbocycles. The minimum Gasteiger partial charge on any atom is -0.322 e. The zero-order valence-electron chi connectivity index (χ0n) is 13.8. The van der Waals surface area contributed by atoms with Crippen LogP contribution in [0.4, 0.5) is 16.2 Å². The zero-order chi connectivity index (χ0) is 17.1. The Morgan fingerprint density at radius 2 is 2.21 bits per heavy atom. The first-order valence-corrected chi connectivity index (χ1v) is 8.75. The maximum Gasteiger partial charge on any atom is 0.321 e. The summed E-state index contributed by atoms with van der Waals surface area (Å²) in [6.07, 6.45) is 1.41. The number of amides is 3. The van der Waals surface area contributed by atoms with Gasteiger partial charge in [-0.25, -0.2) is 9.78 Å². The summed E-state index contributed by atoms with van der Waals surface area (Å²) in [5.74, 6) is 0.100. The number of nitrogens with one attached hydrogen (secondary N) is 1. The molecule has 0 radical (unpaired) electrons. The molecule has 2 heterocycles. The van der Waals surface area contributed by atoms with Gasteiger partial charge in [0.1, 0.15) is 0 Å². The summed E-state index contributed by atoms with van der Waals surface area (Å²) in [5, 5.41) is 5.84. The van der Waals surface area contributed by atoms with Gasteiger partial charge in [0.05, 0.1) is 28.6 Å². The summed E-state index contributed by atoms with van der Waals surface area (Å²) >= 11 is 1.57. The Morgan fingerprint density at radius 3 is 2.88 bits per heavy atom. The number of thiazole rings is 1. The van der Waals surface area contributed by atoms with Crippen LogP contribution in [0.5, 0.6) is 0 Å². The number of hydrogen-bond acceptors (Lipinski definition) is 4. The molecule has 0 atom stereocenters. The molecule has 3 rings (SSSR count). The van der Waals surface area contributed by atoms with Crippen LogP contribution in [0.15, 0.2) is 29.6 Å². The van der Waals surface area contributed by atoms with Crippen LogP contribution in [-0.2, 0) is 11.3 Å². The second-order valence-electron chi connectivity index (χ2n) is 5.81. The van der Waals surface area contributed by atoms with E-state index in [0.29, 0.717) is 25.2 Å². The highest BCUT2D eigenvalue weighted by Crippen LogP contribution is 2.29. The first kappa shape index (κ1) is 16.4. The summed E-state index contributed by atoms with van der Waals surface area (Å²) in [7, 11) is 1.73. The Labute approximate surface area is 145 Å². The normalized spacial score (nSPS) is 14.1. The first-order chi connectivity index (χ1) is 11.5. The third-order valence-electron chi connectivity index (χ3n) is 3.92. The maximum atomic E-state index is 12.5. The van der Waals surface area contributed by atoms with Gasteiger partial charge in [-0.05, 0) is 25.5 Å². The van der Waals surface area contributed by atoms with Crippen LogP contribution in [0.25, 0.3) is 0 Å². The molecule has 24 heavy (non-hydrogen) atoms. The molecule has 1 N–H and O–H groups in total. The molecular weight excluding hydrogens is 324 g/mol. The van der Waals surface area contributed by atoms with Crippen molar-refractivity contribution in [2.45, 2.75) is 26.3 Å².